The van der Waals surface area contributed by atoms with E-state index in [1.807, 2.05) is 0 Å². The largest absolute Gasteiger partial charge is 0.478 e. The number of amides is 2. The Hall–Kier alpha value is -3.58. The Morgan fingerprint density at radius 1 is 1.14 bits per heavy atom. The van der Waals surface area contributed by atoms with Gasteiger partial charge in [0.2, 0.25) is 0 Å². The summed E-state index contributed by atoms with van der Waals surface area (Å²) in [7, 11) is 0. The Morgan fingerprint density at radius 3 is 2.68 bits per heavy atom. The van der Waals surface area contributed by atoms with Crippen molar-refractivity contribution in [2.75, 3.05) is 5.32 Å². The molecule has 2 amide bonds. The first kappa shape index (κ1) is 19.2. The number of nitrogens with one attached hydrogen (secondary N) is 2. The number of carbonyl (C=O) groups excluding carboxylic acids is 1. The number of furan rings is 1. The number of carboxylic acid groups (broad SMARTS) is 1. The number of halogens is 1. The summed E-state index contributed by atoms with van der Waals surface area (Å²) in [6.07, 6.45) is 1.36. The molecule has 3 rings (SSSR count). The number of hydrogen-bond acceptors (Lipinski definition) is 4. The number of hydrazone groups is 1. The maximum absolute atomic E-state index is 11.8. The van der Waals surface area contributed by atoms with Gasteiger partial charge in [-0.2, -0.15) is 5.10 Å². The molecule has 0 spiro atoms. The molecule has 0 fully saturated rings. The van der Waals surface area contributed by atoms with E-state index in [1.165, 1.54) is 12.3 Å². The molecule has 0 aliphatic heterocycles. The number of rotatable bonds is 5. The molecule has 0 saturated heterocycles. The lowest BCUT2D eigenvalue weighted by atomic mass is 10.0. The monoisotopic (exact) mass is 397 g/mol. The van der Waals surface area contributed by atoms with Crippen molar-refractivity contribution in [3.05, 3.63) is 76.5 Å². The second-order valence-electron chi connectivity index (χ2n) is 5.87. The lowest BCUT2D eigenvalue weighted by molar-refractivity contribution is 0.0696. The van der Waals surface area contributed by atoms with Gasteiger partial charge >= 0.3 is 12.0 Å². The minimum Gasteiger partial charge on any atom is -0.478 e. The van der Waals surface area contributed by atoms with E-state index in [2.05, 4.69) is 15.8 Å². The van der Waals surface area contributed by atoms with Crippen LogP contribution in [0.15, 0.2) is 64.1 Å². The highest BCUT2D eigenvalue weighted by molar-refractivity contribution is 6.30. The van der Waals surface area contributed by atoms with Gasteiger partial charge in [0.05, 0.1) is 11.8 Å². The molecule has 0 bridgehead atoms. The summed E-state index contributed by atoms with van der Waals surface area (Å²) in [5, 5.41) is 16.0. The van der Waals surface area contributed by atoms with Gasteiger partial charge in [0.15, 0.2) is 0 Å². The van der Waals surface area contributed by atoms with E-state index in [9.17, 15) is 9.59 Å². The molecule has 28 heavy (non-hydrogen) atoms. The highest BCUT2D eigenvalue weighted by Crippen LogP contribution is 2.26. The van der Waals surface area contributed by atoms with Crippen LogP contribution in [-0.2, 0) is 0 Å². The highest BCUT2D eigenvalue weighted by atomic mass is 35.5. The zero-order chi connectivity index (χ0) is 20.1. The third-order valence-corrected chi connectivity index (χ3v) is 4.04. The minimum atomic E-state index is -0.982. The predicted octanol–water partition coefficient (Wildman–Crippen LogP) is 4.76. The quantitative estimate of drug-likeness (QED) is 0.426. The molecule has 0 radical (unpaired) electrons. The molecule has 7 nitrogen and oxygen atoms in total. The van der Waals surface area contributed by atoms with E-state index < -0.39 is 12.0 Å². The average Bonchev–Trinajstić information content (AvgIpc) is 3.10. The molecule has 1 heterocycles. The Balaban J connectivity index is 1.63. The van der Waals surface area contributed by atoms with E-state index >= 15 is 0 Å². The van der Waals surface area contributed by atoms with Crippen LogP contribution < -0.4 is 10.7 Å². The molecule has 2 aromatic carbocycles. The van der Waals surface area contributed by atoms with E-state index in [-0.39, 0.29) is 5.56 Å². The molecule has 0 aliphatic carbocycles. The van der Waals surface area contributed by atoms with Crippen LogP contribution in [-0.4, -0.2) is 23.3 Å². The fraction of sp³-hybridized carbons (Fsp3) is 0.0500. The molecule has 142 valence electrons. The van der Waals surface area contributed by atoms with Gasteiger partial charge in [0, 0.05) is 16.3 Å². The number of aromatic carboxylic acids is 1. The third-order valence-electron chi connectivity index (χ3n) is 3.81. The van der Waals surface area contributed by atoms with Crippen molar-refractivity contribution in [3.63, 3.8) is 0 Å². The van der Waals surface area contributed by atoms with Crippen molar-refractivity contribution >= 4 is 35.5 Å². The lowest BCUT2D eigenvalue weighted by Gasteiger charge is -2.04. The van der Waals surface area contributed by atoms with Crippen LogP contribution in [0.1, 0.15) is 21.7 Å². The molecule has 0 unspecified atom stereocenters. The number of anilines is 1. The molecule has 0 aliphatic rings. The molecule has 3 N–H and O–H groups in total. The summed E-state index contributed by atoms with van der Waals surface area (Å²) in [6, 6.07) is 14.4. The summed E-state index contributed by atoms with van der Waals surface area (Å²) in [5.74, 6) is 0.0167. The van der Waals surface area contributed by atoms with Gasteiger partial charge in [-0.3, -0.25) is 0 Å². The van der Waals surface area contributed by atoms with Crippen LogP contribution >= 0.6 is 11.6 Å². The number of urea groups is 1. The van der Waals surface area contributed by atoms with Crippen molar-refractivity contribution < 1.29 is 19.1 Å². The number of aryl methyl sites for hydroxylation is 1. The zero-order valence-corrected chi connectivity index (χ0v) is 15.5. The smallest absolute Gasteiger partial charge is 0.339 e. The predicted molar refractivity (Wildman–Crippen MR) is 107 cm³/mol. The molecule has 0 saturated carbocycles. The van der Waals surface area contributed by atoms with Crippen LogP contribution in [0.4, 0.5) is 10.5 Å². The van der Waals surface area contributed by atoms with Crippen LogP contribution in [0.25, 0.3) is 11.3 Å². The van der Waals surface area contributed by atoms with Crippen molar-refractivity contribution in [2.45, 2.75) is 6.92 Å². The fourth-order valence-electron chi connectivity index (χ4n) is 2.52. The van der Waals surface area contributed by atoms with Gasteiger partial charge in [-0.1, -0.05) is 23.7 Å². The molecule has 8 heteroatoms. The number of nitrogens with zero attached hydrogens (tertiary/aromatic N) is 1. The highest BCUT2D eigenvalue weighted by Gasteiger charge is 2.10. The Morgan fingerprint density at radius 2 is 1.96 bits per heavy atom. The number of hydrogen-bond donors (Lipinski definition) is 3. The summed E-state index contributed by atoms with van der Waals surface area (Å²) < 4.78 is 5.68. The fourth-order valence-corrected chi connectivity index (χ4v) is 2.71. The van der Waals surface area contributed by atoms with E-state index in [1.54, 1.807) is 55.5 Å². The average molecular weight is 398 g/mol. The van der Waals surface area contributed by atoms with Crippen molar-refractivity contribution in [2.24, 2.45) is 5.10 Å². The number of carboxylic acids is 1. The zero-order valence-electron chi connectivity index (χ0n) is 14.8. The van der Waals surface area contributed by atoms with E-state index in [4.69, 9.17) is 21.1 Å². The van der Waals surface area contributed by atoms with Crippen molar-refractivity contribution in [1.82, 2.24) is 5.43 Å². The van der Waals surface area contributed by atoms with Gasteiger partial charge < -0.3 is 14.8 Å². The first-order valence-corrected chi connectivity index (χ1v) is 8.60. The van der Waals surface area contributed by atoms with Crippen molar-refractivity contribution in [1.29, 1.82) is 0 Å². The first-order chi connectivity index (χ1) is 13.4. The topological polar surface area (TPSA) is 104 Å². The minimum absolute atomic E-state index is 0.213. The maximum Gasteiger partial charge on any atom is 0.339 e. The molecule has 1 aromatic heterocycles. The summed E-state index contributed by atoms with van der Waals surface area (Å²) in [6.45, 7) is 1.81. The molecule has 0 atom stereocenters. The number of benzene rings is 2. The van der Waals surface area contributed by atoms with Crippen LogP contribution in [0.5, 0.6) is 0 Å². The lowest BCUT2D eigenvalue weighted by Crippen LogP contribution is -2.24. The Kier molecular flexibility index (Phi) is 5.76. The summed E-state index contributed by atoms with van der Waals surface area (Å²) >= 11 is 5.86. The number of carbonyl (C=O) groups is 2. The van der Waals surface area contributed by atoms with Gasteiger partial charge in [0.1, 0.15) is 11.5 Å². The van der Waals surface area contributed by atoms with Gasteiger partial charge in [-0.05, 0) is 55.0 Å². The van der Waals surface area contributed by atoms with E-state index in [0.29, 0.717) is 22.2 Å². The molecular weight excluding hydrogens is 382 g/mol. The summed E-state index contributed by atoms with van der Waals surface area (Å²) in [4.78, 5) is 22.8. The second kappa shape index (κ2) is 8.41. The normalized spacial score (nSPS) is 10.8. The molecule has 3 aromatic rings. The van der Waals surface area contributed by atoms with Gasteiger partial charge in [-0.25, -0.2) is 15.0 Å². The Bertz CT molecular complexity index is 1060. The van der Waals surface area contributed by atoms with E-state index in [0.717, 1.165) is 11.1 Å². The maximum atomic E-state index is 11.8. The van der Waals surface area contributed by atoms with Gasteiger partial charge in [0.25, 0.3) is 0 Å². The summed E-state index contributed by atoms with van der Waals surface area (Å²) in [5.41, 5.74) is 4.63. The SMILES string of the molecule is Cc1cc(C(=O)O)ccc1-c1ccc(/C=N/NC(=O)Nc2cccc(Cl)c2)o1. The standard InChI is InChI=1S/C20H16ClN3O4/c1-12-9-13(19(25)26)5-7-17(12)18-8-6-16(28-18)11-22-24-20(27)23-15-4-2-3-14(21)10-15/h2-11H,1H3,(H,25,26)(H2,23,24,27)/b22-11+. The van der Waals surface area contributed by atoms with Crippen LogP contribution in [0.2, 0.25) is 5.02 Å². The van der Waals surface area contributed by atoms with Crippen molar-refractivity contribution in [3.8, 4) is 11.3 Å². The molecular formula is C20H16ClN3O4. The first-order valence-electron chi connectivity index (χ1n) is 8.22. The third kappa shape index (κ3) is 4.77. The van der Waals surface area contributed by atoms with Crippen LogP contribution in [0, 0.1) is 6.92 Å². The second-order valence-corrected chi connectivity index (χ2v) is 6.31. The van der Waals surface area contributed by atoms with Gasteiger partial charge in [-0.15, -0.1) is 0 Å². The van der Waals surface area contributed by atoms with Crippen LogP contribution in [0.3, 0.4) is 0 Å². The Labute approximate surface area is 165 Å².